The number of aromatic carboxylic acids is 1. The zero-order valence-corrected chi connectivity index (χ0v) is 15.1. The Bertz CT molecular complexity index is 831. The number of nitrogens with one attached hydrogen (secondary N) is 1. The van der Waals surface area contributed by atoms with Gasteiger partial charge in [0.25, 0.3) is 0 Å². The summed E-state index contributed by atoms with van der Waals surface area (Å²) in [6, 6.07) is 10.5. The topological polar surface area (TPSA) is 75.6 Å². The molecule has 0 heterocycles. The van der Waals surface area contributed by atoms with Crippen molar-refractivity contribution in [3.63, 3.8) is 0 Å². The normalized spacial score (nSPS) is 14.4. The molecule has 1 unspecified atom stereocenters. The van der Waals surface area contributed by atoms with Gasteiger partial charge in [-0.1, -0.05) is 18.2 Å². The largest absolute Gasteiger partial charge is 0.490 e. The predicted molar refractivity (Wildman–Crippen MR) is 98.3 cm³/mol. The summed E-state index contributed by atoms with van der Waals surface area (Å²) in [5.41, 5.74) is 1.53. The third-order valence-electron chi connectivity index (χ3n) is 4.57. The molecule has 0 bridgehead atoms. The van der Waals surface area contributed by atoms with E-state index in [0.717, 1.165) is 12.8 Å². The van der Waals surface area contributed by atoms with E-state index in [-0.39, 0.29) is 29.7 Å². The molecule has 1 amide bonds. The van der Waals surface area contributed by atoms with E-state index in [1.54, 1.807) is 31.2 Å². The van der Waals surface area contributed by atoms with E-state index in [1.165, 1.54) is 18.2 Å². The number of ether oxygens (including phenoxy) is 1. The van der Waals surface area contributed by atoms with Gasteiger partial charge in [-0.15, -0.1) is 0 Å². The van der Waals surface area contributed by atoms with Gasteiger partial charge in [0.1, 0.15) is 0 Å². The van der Waals surface area contributed by atoms with Crippen LogP contribution in [0.1, 0.15) is 47.3 Å². The molecule has 2 N–H and O–H groups in total. The molecule has 27 heavy (non-hydrogen) atoms. The highest BCUT2D eigenvalue weighted by molar-refractivity contribution is 5.87. The lowest BCUT2D eigenvalue weighted by molar-refractivity contribution is -0.121. The average molecular weight is 371 g/mol. The van der Waals surface area contributed by atoms with Gasteiger partial charge >= 0.3 is 5.97 Å². The van der Waals surface area contributed by atoms with E-state index in [1.807, 2.05) is 0 Å². The lowest BCUT2D eigenvalue weighted by Crippen LogP contribution is -2.28. The summed E-state index contributed by atoms with van der Waals surface area (Å²) in [5, 5.41) is 11.7. The maximum absolute atomic E-state index is 14.2. The molecule has 6 heteroatoms. The van der Waals surface area contributed by atoms with Crippen LogP contribution in [0.4, 0.5) is 4.39 Å². The molecule has 1 saturated carbocycles. The molecule has 0 radical (unpaired) electrons. The Morgan fingerprint density at radius 2 is 1.93 bits per heavy atom. The van der Waals surface area contributed by atoms with Gasteiger partial charge in [-0.25, -0.2) is 9.18 Å². The number of carboxylic acid groups (broad SMARTS) is 1. The molecule has 2 aromatic carbocycles. The second kappa shape index (κ2) is 8.20. The summed E-state index contributed by atoms with van der Waals surface area (Å²) < 4.78 is 19.7. The number of halogens is 1. The minimum absolute atomic E-state index is 0.120. The third kappa shape index (κ3) is 5.29. The van der Waals surface area contributed by atoms with Crippen LogP contribution in [0.3, 0.4) is 0 Å². The van der Waals surface area contributed by atoms with E-state index >= 15 is 0 Å². The number of carboxylic acids is 1. The van der Waals surface area contributed by atoms with Gasteiger partial charge in [-0.3, -0.25) is 4.79 Å². The van der Waals surface area contributed by atoms with E-state index in [0.29, 0.717) is 23.7 Å². The Morgan fingerprint density at radius 1 is 1.22 bits per heavy atom. The molecule has 3 rings (SSSR count). The number of hydrogen-bond donors (Lipinski definition) is 2. The highest BCUT2D eigenvalue weighted by Gasteiger charge is 2.22. The molecule has 5 nitrogen and oxygen atoms in total. The Labute approximate surface area is 157 Å². The Hall–Kier alpha value is -2.89. The Balaban J connectivity index is 1.55. The Kier molecular flexibility index (Phi) is 5.74. The standard InChI is InChI=1S/C21H22FNO4/c1-13(17-8-9-19(18(22)11-17)27-12-15-2-3-15)23-20(24)10-14-4-6-16(7-5-14)21(25)26/h4-9,11,13,15H,2-3,10,12H2,1H3,(H,23,24)(H,25,26). The smallest absolute Gasteiger partial charge is 0.335 e. The fourth-order valence-electron chi connectivity index (χ4n) is 2.72. The third-order valence-corrected chi connectivity index (χ3v) is 4.57. The minimum Gasteiger partial charge on any atom is -0.490 e. The van der Waals surface area contributed by atoms with Crippen LogP contribution in [0.5, 0.6) is 5.75 Å². The first-order valence-corrected chi connectivity index (χ1v) is 8.96. The van der Waals surface area contributed by atoms with Crippen LogP contribution in [-0.2, 0) is 11.2 Å². The number of rotatable bonds is 8. The molecule has 142 valence electrons. The van der Waals surface area contributed by atoms with E-state index < -0.39 is 11.8 Å². The molecular formula is C21H22FNO4. The maximum Gasteiger partial charge on any atom is 0.335 e. The fourth-order valence-corrected chi connectivity index (χ4v) is 2.72. The molecule has 0 saturated heterocycles. The first-order valence-electron chi connectivity index (χ1n) is 8.96. The first kappa shape index (κ1) is 18.9. The van der Waals surface area contributed by atoms with Crippen LogP contribution in [0.25, 0.3) is 0 Å². The van der Waals surface area contributed by atoms with Crippen molar-refractivity contribution in [3.05, 3.63) is 65.0 Å². The van der Waals surface area contributed by atoms with Gasteiger partial charge in [0.2, 0.25) is 5.91 Å². The van der Waals surface area contributed by atoms with Crippen LogP contribution >= 0.6 is 0 Å². The van der Waals surface area contributed by atoms with Crippen molar-refractivity contribution in [3.8, 4) is 5.75 Å². The van der Waals surface area contributed by atoms with Gasteiger partial charge < -0.3 is 15.2 Å². The zero-order chi connectivity index (χ0) is 19.4. The predicted octanol–water partition coefficient (Wildman–Crippen LogP) is 3.73. The van der Waals surface area contributed by atoms with Crippen molar-refractivity contribution >= 4 is 11.9 Å². The van der Waals surface area contributed by atoms with Crippen LogP contribution in [0.15, 0.2) is 42.5 Å². The van der Waals surface area contributed by atoms with Crippen LogP contribution in [0, 0.1) is 11.7 Å². The molecule has 2 aromatic rings. The molecule has 0 spiro atoms. The summed E-state index contributed by atoms with van der Waals surface area (Å²) in [6.07, 6.45) is 2.40. The monoisotopic (exact) mass is 371 g/mol. The lowest BCUT2D eigenvalue weighted by atomic mass is 10.1. The number of carbonyl (C=O) groups excluding carboxylic acids is 1. The van der Waals surface area contributed by atoms with Gasteiger partial charge in [0.05, 0.1) is 24.6 Å². The maximum atomic E-state index is 14.2. The van der Waals surface area contributed by atoms with Gasteiger partial charge in [0, 0.05) is 0 Å². The van der Waals surface area contributed by atoms with Crippen LogP contribution in [-0.4, -0.2) is 23.6 Å². The van der Waals surface area contributed by atoms with Gasteiger partial charge in [-0.2, -0.15) is 0 Å². The zero-order valence-electron chi connectivity index (χ0n) is 15.1. The number of carbonyl (C=O) groups is 2. The first-order chi connectivity index (χ1) is 12.9. The molecule has 1 aliphatic rings. The molecule has 1 fully saturated rings. The summed E-state index contributed by atoms with van der Waals surface area (Å²) in [5.74, 6) is -0.876. The number of hydrogen-bond acceptors (Lipinski definition) is 3. The fraction of sp³-hybridized carbons (Fsp3) is 0.333. The highest BCUT2D eigenvalue weighted by atomic mass is 19.1. The van der Waals surface area contributed by atoms with Crippen molar-refractivity contribution in [1.29, 1.82) is 0 Å². The second-order valence-electron chi connectivity index (χ2n) is 6.91. The second-order valence-corrected chi connectivity index (χ2v) is 6.91. The van der Waals surface area contributed by atoms with Crippen LogP contribution in [0.2, 0.25) is 0 Å². The minimum atomic E-state index is -1.01. The Morgan fingerprint density at radius 3 is 2.52 bits per heavy atom. The van der Waals surface area contributed by atoms with E-state index in [4.69, 9.17) is 9.84 Å². The average Bonchev–Trinajstić information content (AvgIpc) is 3.45. The number of amides is 1. The van der Waals surface area contributed by atoms with Gasteiger partial charge in [-0.05, 0) is 61.1 Å². The summed E-state index contributed by atoms with van der Waals surface area (Å²) in [7, 11) is 0. The quantitative estimate of drug-likeness (QED) is 0.741. The summed E-state index contributed by atoms with van der Waals surface area (Å²) in [4.78, 5) is 23.1. The summed E-state index contributed by atoms with van der Waals surface area (Å²) in [6.45, 7) is 2.33. The van der Waals surface area contributed by atoms with E-state index in [9.17, 15) is 14.0 Å². The summed E-state index contributed by atoms with van der Waals surface area (Å²) >= 11 is 0. The van der Waals surface area contributed by atoms with Crippen molar-refractivity contribution in [2.75, 3.05) is 6.61 Å². The lowest BCUT2D eigenvalue weighted by Gasteiger charge is -2.16. The van der Waals surface area contributed by atoms with Crippen LogP contribution < -0.4 is 10.1 Å². The molecule has 0 aromatic heterocycles. The molecule has 0 aliphatic heterocycles. The van der Waals surface area contributed by atoms with Crippen molar-refractivity contribution in [2.24, 2.45) is 5.92 Å². The SMILES string of the molecule is CC(NC(=O)Cc1ccc(C(=O)O)cc1)c1ccc(OCC2CC2)c(F)c1. The van der Waals surface area contributed by atoms with Crippen molar-refractivity contribution < 1.29 is 23.8 Å². The van der Waals surface area contributed by atoms with Crippen molar-refractivity contribution in [2.45, 2.75) is 32.2 Å². The van der Waals surface area contributed by atoms with Crippen molar-refractivity contribution in [1.82, 2.24) is 5.32 Å². The number of benzene rings is 2. The molecular weight excluding hydrogens is 349 g/mol. The molecule has 1 aliphatic carbocycles. The van der Waals surface area contributed by atoms with E-state index in [2.05, 4.69) is 5.32 Å². The highest BCUT2D eigenvalue weighted by Crippen LogP contribution is 2.30. The molecule has 1 atom stereocenters. The van der Waals surface area contributed by atoms with Gasteiger partial charge in [0.15, 0.2) is 11.6 Å².